The van der Waals surface area contributed by atoms with E-state index in [4.69, 9.17) is 51.6 Å². The number of aromatic nitrogens is 2. The number of nitrogens with zero attached hydrogens (tertiary/aromatic N) is 4. The van der Waals surface area contributed by atoms with E-state index in [9.17, 15) is 16.8 Å². The van der Waals surface area contributed by atoms with Gasteiger partial charge in [0.1, 0.15) is 45.7 Å². The molecule has 68 heavy (non-hydrogen) atoms. The van der Waals surface area contributed by atoms with Gasteiger partial charge in [0.15, 0.2) is 0 Å². The van der Waals surface area contributed by atoms with Crippen LogP contribution in [0.2, 0.25) is 10.0 Å². The highest BCUT2D eigenvalue weighted by Crippen LogP contribution is 2.31. The minimum atomic E-state index is -3.83. The third-order valence-corrected chi connectivity index (χ3v) is 16.0. The van der Waals surface area contributed by atoms with Crippen LogP contribution in [-0.2, 0) is 55.7 Å². The van der Waals surface area contributed by atoms with Crippen LogP contribution in [0.4, 0.5) is 0 Å². The van der Waals surface area contributed by atoms with Crippen molar-refractivity contribution in [3.05, 3.63) is 177 Å². The summed E-state index contributed by atoms with van der Waals surface area (Å²) in [4.78, 5) is 8.56. The summed E-state index contributed by atoms with van der Waals surface area (Å²) in [6.45, 7) is 4.02. The topological polar surface area (TPSA) is 156 Å². The molecule has 0 saturated heterocycles. The minimum absolute atomic E-state index is 0.188. The Morgan fingerprint density at radius 1 is 0.426 bits per heavy atom. The van der Waals surface area contributed by atoms with E-state index < -0.39 is 42.8 Å². The number of sulfonamides is 2. The van der Waals surface area contributed by atoms with Gasteiger partial charge in [-0.3, -0.25) is 9.97 Å². The fourth-order valence-electron chi connectivity index (χ4n) is 7.21. The second-order valence-corrected chi connectivity index (χ2v) is 21.0. The summed E-state index contributed by atoms with van der Waals surface area (Å²) < 4.78 is 90.5. The number of methoxy groups -OCH3 is 6. The van der Waals surface area contributed by atoms with Crippen LogP contribution in [-0.4, -0.2) is 88.6 Å². The molecule has 0 spiro atoms. The van der Waals surface area contributed by atoms with Crippen molar-refractivity contribution in [1.82, 2.24) is 18.6 Å². The number of hydrogen-bond donors (Lipinski definition) is 0. The van der Waals surface area contributed by atoms with Crippen LogP contribution in [0.1, 0.15) is 59.7 Å². The highest BCUT2D eigenvalue weighted by Gasteiger charge is 2.38. The second-order valence-electron chi connectivity index (χ2n) is 15.5. The van der Waals surface area contributed by atoms with Gasteiger partial charge in [0, 0.05) is 52.8 Å². The van der Waals surface area contributed by atoms with E-state index >= 15 is 0 Å². The molecule has 0 bridgehead atoms. The molecule has 0 saturated carbocycles. The van der Waals surface area contributed by atoms with Gasteiger partial charge >= 0.3 is 0 Å². The number of halogens is 2. The number of ether oxygens (including phenoxy) is 6. The molecule has 4 aromatic carbocycles. The SMILES string of the molecule is COc1ccc(CN(Cc2ccc(OC)cc2)S(=O)(=O)[C@@H](C)[C@H](OC)c2ccc(Cl)cn2)cc1.COc1ccc(CN(Cc2ccc(OC)cc2)S(=O)(=O)[C@H](C)[C@@H](OC)c2ccc(Cl)cn2)cc1. The van der Waals surface area contributed by atoms with Crippen LogP contribution in [0.25, 0.3) is 0 Å². The summed E-state index contributed by atoms with van der Waals surface area (Å²) in [6.07, 6.45) is 1.43. The maximum absolute atomic E-state index is 13.9. The van der Waals surface area contributed by atoms with Gasteiger partial charge in [0.25, 0.3) is 0 Å². The highest BCUT2D eigenvalue weighted by atomic mass is 35.5. The third-order valence-electron chi connectivity index (χ3n) is 11.2. The molecule has 6 rings (SSSR count). The lowest BCUT2D eigenvalue weighted by Crippen LogP contribution is -2.40. The lowest BCUT2D eigenvalue weighted by Gasteiger charge is -2.30. The zero-order valence-corrected chi connectivity index (χ0v) is 42.4. The van der Waals surface area contributed by atoms with Crippen molar-refractivity contribution in [1.29, 1.82) is 0 Å². The first-order valence-electron chi connectivity index (χ1n) is 21.3. The summed E-state index contributed by atoms with van der Waals surface area (Å²) in [7, 11) is 1.66. The summed E-state index contributed by atoms with van der Waals surface area (Å²) in [6, 6.07) is 36.0. The van der Waals surface area contributed by atoms with Crippen LogP contribution >= 0.6 is 23.2 Å². The summed E-state index contributed by atoms with van der Waals surface area (Å²) in [5, 5.41) is -0.866. The molecule has 0 aliphatic carbocycles. The van der Waals surface area contributed by atoms with E-state index in [2.05, 4.69) is 9.97 Å². The molecule has 14 nitrogen and oxygen atoms in total. The van der Waals surface area contributed by atoms with Crippen LogP contribution < -0.4 is 18.9 Å². The molecule has 18 heteroatoms. The molecule has 0 fully saturated rings. The van der Waals surface area contributed by atoms with Crippen molar-refractivity contribution in [3.8, 4) is 23.0 Å². The van der Waals surface area contributed by atoms with Gasteiger partial charge in [0.05, 0.1) is 49.9 Å². The Hall–Kier alpha value is -5.30. The first kappa shape index (κ1) is 53.7. The van der Waals surface area contributed by atoms with Gasteiger partial charge in [0.2, 0.25) is 20.0 Å². The van der Waals surface area contributed by atoms with Crippen molar-refractivity contribution in [2.75, 3.05) is 42.7 Å². The van der Waals surface area contributed by atoms with Gasteiger partial charge in [-0.15, -0.1) is 0 Å². The van der Waals surface area contributed by atoms with Gasteiger partial charge in [-0.1, -0.05) is 71.7 Å². The molecule has 0 N–H and O–H groups in total. The molecule has 4 atom stereocenters. The zero-order chi connectivity index (χ0) is 49.4. The maximum Gasteiger partial charge on any atom is 0.220 e. The minimum Gasteiger partial charge on any atom is -0.497 e. The smallest absolute Gasteiger partial charge is 0.220 e. The van der Waals surface area contributed by atoms with Crippen LogP contribution in [0.3, 0.4) is 0 Å². The Morgan fingerprint density at radius 2 is 0.676 bits per heavy atom. The van der Waals surface area contributed by atoms with Gasteiger partial charge in [-0.2, -0.15) is 8.61 Å². The van der Waals surface area contributed by atoms with E-state index in [-0.39, 0.29) is 26.2 Å². The molecule has 0 aliphatic rings. The summed E-state index contributed by atoms with van der Waals surface area (Å²) in [5.74, 6) is 2.81. The van der Waals surface area contributed by atoms with E-state index in [0.29, 0.717) is 44.4 Å². The van der Waals surface area contributed by atoms with Crippen LogP contribution in [0.5, 0.6) is 23.0 Å². The number of benzene rings is 4. The van der Waals surface area contributed by atoms with E-state index in [0.717, 1.165) is 22.3 Å². The monoisotopic (exact) mass is 1010 g/mol. The Labute approximate surface area is 410 Å². The predicted octanol–water partition coefficient (Wildman–Crippen LogP) is 9.72. The molecule has 2 heterocycles. The van der Waals surface area contributed by atoms with Gasteiger partial charge < -0.3 is 28.4 Å². The summed E-state index contributed by atoms with van der Waals surface area (Å²) in [5.41, 5.74) is 4.34. The lowest BCUT2D eigenvalue weighted by atomic mass is 10.2. The molecule has 0 aliphatic heterocycles. The maximum atomic E-state index is 13.9. The first-order chi connectivity index (χ1) is 32.6. The van der Waals surface area contributed by atoms with E-state index in [1.54, 1.807) is 66.6 Å². The van der Waals surface area contributed by atoms with Gasteiger partial charge in [-0.25, -0.2) is 16.8 Å². The molecular weight excluding hydrogens is 952 g/mol. The molecule has 0 radical (unpaired) electrons. The van der Waals surface area contributed by atoms with Gasteiger partial charge in [-0.05, 0) is 109 Å². The second kappa shape index (κ2) is 25.3. The number of rotatable bonds is 22. The molecule has 364 valence electrons. The molecule has 0 amide bonds. The number of pyridine rings is 2. The Morgan fingerprint density at radius 3 is 0.868 bits per heavy atom. The third kappa shape index (κ3) is 14.4. The fraction of sp³-hybridized carbons (Fsp3) is 0.320. The van der Waals surface area contributed by atoms with Crippen LogP contribution in [0.15, 0.2) is 134 Å². The average Bonchev–Trinajstić information content (AvgIpc) is 3.36. The van der Waals surface area contributed by atoms with Crippen LogP contribution in [0, 0.1) is 0 Å². The highest BCUT2D eigenvalue weighted by molar-refractivity contribution is 7.90. The molecule has 6 aromatic rings. The van der Waals surface area contributed by atoms with Crippen molar-refractivity contribution in [3.63, 3.8) is 0 Å². The first-order valence-corrected chi connectivity index (χ1v) is 25.1. The zero-order valence-electron chi connectivity index (χ0n) is 39.3. The Balaban J connectivity index is 0.000000254. The van der Waals surface area contributed by atoms with Crippen molar-refractivity contribution in [2.45, 2.75) is 62.7 Å². The quantitative estimate of drug-likeness (QED) is 0.0636. The fourth-order valence-corrected chi connectivity index (χ4v) is 10.8. The largest absolute Gasteiger partial charge is 0.497 e. The molecular formula is C50H58Cl2N4O10S2. The lowest BCUT2D eigenvalue weighted by molar-refractivity contribution is 0.0968. The van der Waals surface area contributed by atoms with E-state index in [1.165, 1.54) is 35.2 Å². The standard InChI is InChI=1S/2C25H29ClN2O5S/c2*1-18(25(33-4)24-14-9-21(26)15-27-24)34(29,30)28(16-19-5-10-22(31-2)11-6-19)17-20-7-12-23(32-3)13-8-20/h2*5-15,18,25H,16-17H2,1-4H3/t2*18-,25-/m10/s1. The van der Waals surface area contributed by atoms with Crippen molar-refractivity contribution < 1.29 is 45.3 Å². The molecule has 0 unspecified atom stereocenters. The van der Waals surface area contributed by atoms with E-state index in [1.807, 2.05) is 97.1 Å². The Kier molecular flexibility index (Phi) is 20.0. The average molecular weight is 1010 g/mol. The number of hydrogen-bond acceptors (Lipinski definition) is 12. The summed E-state index contributed by atoms with van der Waals surface area (Å²) >= 11 is 11.9. The molecule has 2 aromatic heterocycles. The Bertz CT molecular complexity index is 2400. The van der Waals surface area contributed by atoms with Crippen molar-refractivity contribution in [2.24, 2.45) is 0 Å². The van der Waals surface area contributed by atoms with Crippen molar-refractivity contribution >= 4 is 43.2 Å². The normalized spacial score (nSPS) is 13.5. The predicted molar refractivity (Wildman–Crippen MR) is 265 cm³/mol.